The fourth-order valence-corrected chi connectivity index (χ4v) is 2.19. The van der Waals surface area contributed by atoms with Crippen molar-refractivity contribution in [2.45, 2.75) is 51.6 Å². The van der Waals surface area contributed by atoms with Gasteiger partial charge in [0, 0.05) is 0 Å². The quantitative estimate of drug-likeness (QED) is 0.546. The first-order chi connectivity index (χ1) is 5.52. The van der Waals surface area contributed by atoms with Gasteiger partial charge in [0.1, 0.15) is 7.28 Å². The Kier molecular flexibility index (Phi) is 3.31. The molecule has 0 nitrogen and oxygen atoms in total. The van der Waals surface area contributed by atoms with E-state index in [4.69, 9.17) is 7.85 Å². The van der Waals surface area contributed by atoms with E-state index in [1.165, 1.54) is 6.42 Å². The molecule has 1 heterocycles. The summed E-state index contributed by atoms with van der Waals surface area (Å²) in [5.41, 5.74) is 0. The molecule has 0 aliphatic carbocycles. The van der Waals surface area contributed by atoms with Crippen LogP contribution in [0, 0.1) is 11.8 Å². The van der Waals surface area contributed by atoms with E-state index < -0.39 is 0 Å². The van der Waals surface area contributed by atoms with Crippen LogP contribution in [0.25, 0.3) is 0 Å². The Labute approximate surface area is 79.2 Å². The van der Waals surface area contributed by atoms with Crippen LogP contribution in [0.1, 0.15) is 34.1 Å². The maximum Gasteiger partial charge on any atom is 0.117 e. The second kappa shape index (κ2) is 3.89. The number of hydrogen-bond acceptors (Lipinski definition) is 0. The molecule has 1 aliphatic heterocycles. The van der Waals surface area contributed by atoms with Gasteiger partial charge in [-0.3, -0.25) is 0 Å². The van der Waals surface area contributed by atoms with Crippen molar-refractivity contribution in [1.29, 1.82) is 0 Å². The molecule has 3 radical (unpaired) electrons. The van der Waals surface area contributed by atoms with E-state index in [2.05, 4.69) is 35.0 Å². The lowest BCUT2D eigenvalue weighted by Gasteiger charge is -2.19. The first-order valence-electron chi connectivity index (χ1n) is 5.13. The minimum Gasteiger partial charge on any atom is -0.0817 e. The van der Waals surface area contributed by atoms with E-state index in [-0.39, 0.29) is 0 Å². The summed E-state index contributed by atoms with van der Waals surface area (Å²) in [6.45, 7) is 9.11. The van der Waals surface area contributed by atoms with Gasteiger partial charge in [-0.25, -0.2) is 0 Å². The van der Waals surface area contributed by atoms with Crippen LogP contribution >= 0.6 is 0 Å². The van der Waals surface area contributed by atoms with E-state index in [9.17, 15) is 0 Å². The van der Waals surface area contributed by atoms with Crippen molar-refractivity contribution < 1.29 is 0 Å². The predicted octanol–water partition coefficient (Wildman–Crippen LogP) is 2.94. The molecule has 0 amide bonds. The molecular weight excluding hydrogens is 142 g/mol. The molecule has 0 aromatic carbocycles. The molecule has 2 heteroatoms. The Balaban J connectivity index is 2.50. The van der Waals surface area contributed by atoms with Gasteiger partial charge < -0.3 is 0 Å². The molecule has 0 N–H and O–H groups in total. The lowest BCUT2D eigenvalue weighted by atomic mass is 9.52. The van der Waals surface area contributed by atoms with E-state index in [0.29, 0.717) is 17.6 Å². The van der Waals surface area contributed by atoms with Crippen molar-refractivity contribution in [2.75, 3.05) is 0 Å². The van der Waals surface area contributed by atoms with E-state index in [1.54, 1.807) is 0 Å². The van der Waals surface area contributed by atoms with Crippen molar-refractivity contribution in [2.24, 2.45) is 11.8 Å². The van der Waals surface area contributed by atoms with Gasteiger partial charge in [0.25, 0.3) is 0 Å². The standard InChI is InChI=1S/C10H19B2/c1-6(2)9-5-8(11)10(12-9)7(3)4/h6-10H,5H2,1-4H3/t8-,9?,10?/m0/s1. The molecule has 1 aliphatic rings. The van der Waals surface area contributed by atoms with Gasteiger partial charge in [-0.15, -0.1) is 0 Å². The highest BCUT2D eigenvalue weighted by Crippen LogP contribution is 2.47. The molecule has 0 aromatic rings. The molecule has 0 saturated carbocycles. The highest BCUT2D eigenvalue weighted by Gasteiger charge is 2.34. The monoisotopic (exact) mass is 161 g/mol. The summed E-state index contributed by atoms with van der Waals surface area (Å²) in [6.07, 6.45) is 1.19. The van der Waals surface area contributed by atoms with Gasteiger partial charge in [0.05, 0.1) is 7.85 Å². The zero-order valence-corrected chi connectivity index (χ0v) is 8.75. The lowest BCUT2D eigenvalue weighted by Crippen LogP contribution is -2.11. The Morgan fingerprint density at radius 3 is 2.00 bits per heavy atom. The molecule has 0 bridgehead atoms. The van der Waals surface area contributed by atoms with Crippen LogP contribution < -0.4 is 0 Å². The minimum absolute atomic E-state index is 0.414. The highest BCUT2D eigenvalue weighted by atomic mass is 14.3. The third-order valence-corrected chi connectivity index (χ3v) is 3.13. The Morgan fingerprint density at radius 2 is 1.75 bits per heavy atom. The average Bonchev–Trinajstić information content (AvgIpc) is 2.30. The Morgan fingerprint density at radius 1 is 1.17 bits per heavy atom. The molecule has 0 spiro atoms. The van der Waals surface area contributed by atoms with Crippen molar-refractivity contribution in [3.05, 3.63) is 0 Å². The average molecular weight is 161 g/mol. The summed E-state index contributed by atoms with van der Waals surface area (Å²) in [6, 6.07) is 0. The van der Waals surface area contributed by atoms with Crippen LogP contribution in [-0.4, -0.2) is 15.1 Å². The number of hydrogen-bond donors (Lipinski definition) is 0. The van der Waals surface area contributed by atoms with E-state index in [0.717, 1.165) is 11.7 Å². The van der Waals surface area contributed by atoms with Gasteiger partial charge in [0.15, 0.2) is 0 Å². The molecule has 1 rings (SSSR count). The van der Waals surface area contributed by atoms with Crippen molar-refractivity contribution >= 4 is 15.1 Å². The largest absolute Gasteiger partial charge is 0.117 e. The molecule has 1 fully saturated rings. The highest BCUT2D eigenvalue weighted by molar-refractivity contribution is 6.44. The molecule has 1 saturated heterocycles. The number of rotatable bonds is 2. The molecule has 2 unspecified atom stereocenters. The van der Waals surface area contributed by atoms with Gasteiger partial charge in [-0.2, -0.15) is 0 Å². The van der Waals surface area contributed by atoms with Crippen molar-refractivity contribution in [1.82, 2.24) is 0 Å². The maximum absolute atomic E-state index is 6.08. The molecule has 12 heavy (non-hydrogen) atoms. The zero-order valence-electron chi connectivity index (χ0n) is 8.75. The molecule has 3 atom stereocenters. The van der Waals surface area contributed by atoms with Crippen LogP contribution in [0.2, 0.25) is 17.5 Å². The van der Waals surface area contributed by atoms with Crippen LogP contribution in [-0.2, 0) is 0 Å². The maximum atomic E-state index is 6.08. The Bertz CT molecular complexity index is 143. The molecule has 65 valence electrons. The fraction of sp³-hybridized carbons (Fsp3) is 1.00. The SMILES string of the molecule is [B][C@H]1CC(C(C)C)[B]C1C(C)C. The normalized spacial score (nSPS) is 36.0. The van der Waals surface area contributed by atoms with Crippen LogP contribution in [0.3, 0.4) is 0 Å². The lowest BCUT2D eigenvalue weighted by molar-refractivity contribution is 0.534. The summed E-state index contributed by atoms with van der Waals surface area (Å²) in [4.78, 5) is 0. The third-order valence-electron chi connectivity index (χ3n) is 3.13. The summed E-state index contributed by atoms with van der Waals surface area (Å²) in [5, 5.41) is 0. The summed E-state index contributed by atoms with van der Waals surface area (Å²) >= 11 is 0. The van der Waals surface area contributed by atoms with Gasteiger partial charge in [-0.05, 0) is 0 Å². The first-order valence-corrected chi connectivity index (χ1v) is 5.13. The minimum atomic E-state index is 0.414. The molecule has 0 aromatic heterocycles. The van der Waals surface area contributed by atoms with Crippen LogP contribution in [0.15, 0.2) is 0 Å². The summed E-state index contributed by atoms with van der Waals surface area (Å²) in [5.74, 6) is 3.30. The van der Waals surface area contributed by atoms with Gasteiger partial charge >= 0.3 is 0 Å². The summed E-state index contributed by atoms with van der Waals surface area (Å²) < 4.78 is 0. The van der Waals surface area contributed by atoms with Gasteiger partial charge in [-0.1, -0.05) is 63.4 Å². The second-order valence-electron chi connectivity index (χ2n) is 4.82. The smallest absolute Gasteiger partial charge is 0.0817 e. The van der Waals surface area contributed by atoms with Crippen molar-refractivity contribution in [3.8, 4) is 0 Å². The zero-order chi connectivity index (χ0) is 9.30. The first kappa shape index (κ1) is 10.2. The third kappa shape index (κ3) is 2.08. The topological polar surface area (TPSA) is 0 Å². The summed E-state index contributed by atoms with van der Waals surface area (Å²) in [7, 11) is 8.56. The fourth-order valence-electron chi connectivity index (χ4n) is 2.19. The van der Waals surface area contributed by atoms with E-state index in [1.807, 2.05) is 0 Å². The second-order valence-corrected chi connectivity index (χ2v) is 4.82. The predicted molar refractivity (Wildman–Crippen MR) is 57.1 cm³/mol. The Hall–Kier alpha value is 0.130. The van der Waals surface area contributed by atoms with Crippen LogP contribution in [0.4, 0.5) is 0 Å². The van der Waals surface area contributed by atoms with Crippen LogP contribution in [0.5, 0.6) is 0 Å². The van der Waals surface area contributed by atoms with Crippen molar-refractivity contribution in [3.63, 3.8) is 0 Å². The van der Waals surface area contributed by atoms with Gasteiger partial charge in [0.2, 0.25) is 0 Å². The molecular formula is C10H19B2. The van der Waals surface area contributed by atoms with E-state index >= 15 is 0 Å².